The fourth-order valence-corrected chi connectivity index (χ4v) is 3.78. The lowest BCUT2D eigenvalue weighted by Gasteiger charge is -2.10. The average molecular weight is 355 g/mol. The molecule has 0 aliphatic carbocycles. The van der Waals surface area contributed by atoms with Crippen molar-refractivity contribution in [1.82, 2.24) is 4.98 Å². The van der Waals surface area contributed by atoms with Gasteiger partial charge in [-0.3, -0.25) is 0 Å². The predicted molar refractivity (Wildman–Crippen MR) is 98.6 cm³/mol. The van der Waals surface area contributed by atoms with Crippen LogP contribution in [0.2, 0.25) is 5.02 Å². The van der Waals surface area contributed by atoms with E-state index in [2.05, 4.69) is 12.1 Å². The predicted octanol–water partition coefficient (Wildman–Crippen LogP) is 5.25. The molecule has 0 bridgehead atoms. The van der Waals surface area contributed by atoms with E-state index < -0.39 is 0 Å². The molecule has 3 nitrogen and oxygen atoms in total. The molecule has 1 aliphatic rings. The van der Waals surface area contributed by atoms with Crippen LogP contribution in [0.4, 0.5) is 0 Å². The Balaban J connectivity index is 1.58. The fourth-order valence-electron chi connectivity index (χ4n) is 2.76. The number of nitrogens with zero attached hydrogens (tertiary/aromatic N) is 1. The van der Waals surface area contributed by atoms with Gasteiger partial charge in [-0.15, -0.1) is 11.3 Å². The van der Waals surface area contributed by atoms with E-state index in [1.54, 1.807) is 11.3 Å². The van der Waals surface area contributed by atoms with Crippen molar-refractivity contribution < 1.29 is 4.74 Å². The summed E-state index contributed by atoms with van der Waals surface area (Å²) in [4.78, 5) is 4.73. The molecule has 0 unspecified atom stereocenters. The summed E-state index contributed by atoms with van der Waals surface area (Å²) in [5.41, 5.74) is 10.2. The number of aromatic nitrogens is 1. The maximum atomic E-state index is 6.11. The summed E-state index contributed by atoms with van der Waals surface area (Å²) in [6.45, 7) is 0. The van der Waals surface area contributed by atoms with Crippen molar-refractivity contribution >= 4 is 28.5 Å². The summed E-state index contributed by atoms with van der Waals surface area (Å²) >= 11 is 7.53. The van der Waals surface area contributed by atoms with E-state index in [-0.39, 0.29) is 6.10 Å². The van der Waals surface area contributed by atoms with Crippen molar-refractivity contribution in [2.75, 3.05) is 0 Å². The van der Waals surface area contributed by atoms with E-state index in [0.29, 0.717) is 5.88 Å². The minimum absolute atomic E-state index is 0.0379. The Hall–Kier alpha value is -2.30. The van der Waals surface area contributed by atoms with Gasteiger partial charge in [-0.25, -0.2) is 4.98 Å². The summed E-state index contributed by atoms with van der Waals surface area (Å²) in [6, 6.07) is 17.8. The quantitative estimate of drug-likeness (QED) is 0.698. The minimum Gasteiger partial charge on any atom is -0.471 e. The molecular weight excluding hydrogens is 340 g/mol. The van der Waals surface area contributed by atoms with Gasteiger partial charge in [-0.2, -0.15) is 0 Å². The monoisotopic (exact) mass is 354 g/mol. The molecule has 5 heteroatoms. The van der Waals surface area contributed by atoms with E-state index in [0.717, 1.165) is 38.8 Å². The van der Waals surface area contributed by atoms with Crippen molar-refractivity contribution in [3.05, 3.63) is 81.5 Å². The second-order valence-electron chi connectivity index (χ2n) is 5.61. The van der Waals surface area contributed by atoms with Crippen LogP contribution in [0.15, 0.2) is 65.9 Å². The van der Waals surface area contributed by atoms with Gasteiger partial charge in [-0.1, -0.05) is 54.1 Å². The smallest absolute Gasteiger partial charge is 0.191 e. The molecule has 24 heavy (non-hydrogen) atoms. The number of hydrogen-bond acceptors (Lipinski definition) is 4. The van der Waals surface area contributed by atoms with Gasteiger partial charge >= 0.3 is 0 Å². The Bertz CT molecular complexity index is 887. The standard InChI is InChI=1S/C19H15ClN2OS/c20-14-8-6-12(7-9-14)16-11-24-19(22-16)15-10-17(23-18(15)21)13-4-2-1-3-5-13/h1-9,11,17H,10,21H2/t17-/m1/s1. The van der Waals surface area contributed by atoms with Gasteiger partial charge in [0.15, 0.2) is 5.88 Å². The van der Waals surface area contributed by atoms with Crippen molar-refractivity contribution in [3.63, 3.8) is 0 Å². The van der Waals surface area contributed by atoms with Gasteiger partial charge in [0, 0.05) is 22.4 Å². The van der Waals surface area contributed by atoms with Crippen LogP contribution in [0, 0.1) is 0 Å². The highest BCUT2D eigenvalue weighted by Crippen LogP contribution is 2.40. The second-order valence-corrected chi connectivity index (χ2v) is 6.90. The van der Waals surface area contributed by atoms with Gasteiger partial charge in [-0.05, 0) is 17.7 Å². The van der Waals surface area contributed by atoms with E-state index in [9.17, 15) is 0 Å². The van der Waals surface area contributed by atoms with Crippen LogP contribution in [0.1, 0.15) is 23.1 Å². The molecule has 1 aromatic heterocycles. The summed E-state index contributed by atoms with van der Waals surface area (Å²) in [7, 11) is 0. The summed E-state index contributed by atoms with van der Waals surface area (Å²) in [5, 5.41) is 3.67. The summed E-state index contributed by atoms with van der Waals surface area (Å²) in [5.74, 6) is 0.473. The Morgan fingerprint density at radius 3 is 2.58 bits per heavy atom. The molecule has 0 spiro atoms. The van der Waals surface area contributed by atoms with Crippen molar-refractivity contribution in [1.29, 1.82) is 0 Å². The molecule has 120 valence electrons. The Morgan fingerprint density at radius 2 is 1.83 bits per heavy atom. The van der Waals surface area contributed by atoms with Crippen LogP contribution in [-0.4, -0.2) is 4.98 Å². The van der Waals surface area contributed by atoms with Crippen molar-refractivity contribution in [3.8, 4) is 11.3 Å². The number of benzene rings is 2. The lowest BCUT2D eigenvalue weighted by Crippen LogP contribution is -2.01. The normalized spacial score (nSPS) is 17.1. The summed E-state index contributed by atoms with van der Waals surface area (Å²) < 4.78 is 5.85. The molecule has 1 aliphatic heterocycles. The zero-order valence-corrected chi connectivity index (χ0v) is 14.3. The Morgan fingerprint density at radius 1 is 1.08 bits per heavy atom. The lowest BCUT2D eigenvalue weighted by molar-refractivity contribution is 0.143. The largest absolute Gasteiger partial charge is 0.471 e. The van der Waals surface area contributed by atoms with E-state index in [4.69, 9.17) is 27.1 Å². The molecule has 2 N–H and O–H groups in total. The molecule has 2 heterocycles. The van der Waals surface area contributed by atoms with Gasteiger partial charge in [0.1, 0.15) is 11.1 Å². The number of halogens is 1. The van der Waals surface area contributed by atoms with Crippen LogP contribution in [-0.2, 0) is 4.74 Å². The lowest BCUT2D eigenvalue weighted by atomic mass is 10.0. The molecule has 1 atom stereocenters. The molecular formula is C19H15ClN2OS. The van der Waals surface area contributed by atoms with Crippen LogP contribution < -0.4 is 5.73 Å². The Kier molecular flexibility index (Phi) is 4.00. The molecule has 0 fully saturated rings. The van der Waals surface area contributed by atoms with Gasteiger partial charge < -0.3 is 10.5 Å². The highest BCUT2D eigenvalue weighted by molar-refractivity contribution is 7.11. The molecule has 3 aromatic rings. The average Bonchev–Trinajstić information content (AvgIpc) is 3.23. The highest BCUT2D eigenvalue weighted by atomic mass is 35.5. The van der Waals surface area contributed by atoms with Crippen LogP contribution >= 0.6 is 22.9 Å². The molecule has 0 saturated heterocycles. The zero-order chi connectivity index (χ0) is 16.5. The van der Waals surface area contributed by atoms with Gasteiger partial charge in [0.2, 0.25) is 0 Å². The minimum atomic E-state index is -0.0379. The number of hydrogen-bond donors (Lipinski definition) is 1. The third-order valence-corrected chi connectivity index (χ3v) is 5.18. The first-order chi connectivity index (χ1) is 11.7. The number of nitrogens with two attached hydrogens (primary N) is 1. The topological polar surface area (TPSA) is 48.1 Å². The Labute approximate surface area is 149 Å². The van der Waals surface area contributed by atoms with Gasteiger partial charge in [0.05, 0.1) is 11.3 Å². The van der Waals surface area contributed by atoms with E-state index in [1.165, 1.54) is 0 Å². The van der Waals surface area contributed by atoms with Gasteiger partial charge in [0.25, 0.3) is 0 Å². The number of thiazole rings is 1. The van der Waals surface area contributed by atoms with E-state index in [1.807, 2.05) is 47.8 Å². The van der Waals surface area contributed by atoms with Crippen LogP contribution in [0.25, 0.3) is 16.8 Å². The first kappa shape index (κ1) is 15.2. The first-order valence-corrected chi connectivity index (χ1v) is 8.88. The number of rotatable bonds is 3. The molecule has 2 aromatic carbocycles. The second kappa shape index (κ2) is 6.30. The summed E-state index contributed by atoms with van der Waals surface area (Å²) in [6.07, 6.45) is 0.702. The number of ether oxygens (including phenoxy) is 1. The fraction of sp³-hybridized carbons (Fsp3) is 0.105. The van der Waals surface area contributed by atoms with Crippen molar-refractivity contribution in [2.45, 2.75) is 12.5 Å². The van der Waals surface area contributed by atoms with Crippen LogP contribution in [0.5, 0.6) is 0 Å². The first-order valence-electron chi connectivity index (χ1n) is 7.63. The molecule has 0 radical (unpaired) electrons. The molecule has 0 saturated carbocycles. The maximum absolute atomic E-state index is 6.11. The highest BCUT2D eigenvalue weighted by Gasteiger charge is 2.28. The van der Waals surface area contributed by atoms with Crippen molar-refractivity contribution in [2.24, 2.45) is 5.73 Å². The third kappa shape index (κ3) is 2.90. The molecule has 0 amide bonds. The third-order valence-electron chi connectivity index (χ3n) is 4.03. The maximum Gasteiger partial charge on any atom is 0.191 e. The zero-order valence-electron chi connectivity index (χ0n) is 12.8. The molecule has 4 rings (SSSR count). The van der Waals surface area contributed by atoms with Crippen LogP contribution in [0.3, 0.4) is 0 Å². The van der Waals surface area contributed by atoms with E-state index >= 15 is 0 Å². The SMILES string of the molecule is NC1=C(c2nc(-c3ccc(Cl)cc3)cs2)C[C@H](c2ccccc2)O1.